The molecule has 6 nitrogen and oxygen atoms in total. The van der Waals surface area contributed by atoms with Crippen LogP contribution in [0.1, 0.15) is 32.4 Å². The Morgan fingerprint density at radius 1 is 1.29 bits per heavy atom. The number of ketones is 1. The van der Waals surface area contributed by atoms with E-state index in [1.807, 2.05) is 36.8 Å². The first kappa shape index (κ1) is 18.4. The van der Waals surface area contributed by atoms with E-state index in [1.54, 1.807) is 7.11 Å². The van der Waals surface area contributed by atoms with Crippen LogP contribution in [0.3, 0.4) is 0 Å². The third-order valence-corrected chi connectivity index (χ3v) is 4.57. The zero-order chi connectivity index (χ0) is 17.7. The molecule has 0 fully saturated rings. The van der Waals surface area contributed by atoms with E-state index < -0.39 is 5.97 Å². The number of ether oxygens (including phenoxy) is 2. The molecule has 130 valence electrons. The second kappa shape index (κ2) is 8.21. The fraction of sp³-hybridized carbons (Fsp3) is 0.471. The monoisotopic (exact) mass is 350 g/mol. The number of methoxy groups -OCH3 is 1. The van der Waals surface area contributed by atoms with Crippen LogP contribution in [0.15, 0.2) is 11.4 Å². The summed E-state index contributed by atoms with van der Waals surface area (Å²) in [5, 5.41) is 2.72. The van der Waals surface area contributed by atoms with Gasteiger partial charge in [0.15, 0.2) is 6.61 Å². The molecule has 2 rings (SSSR count). The molecule has 2 aromatic heterocycles. The summed E-state index contributed by atoms with van der Waals surface area (Å²) in [4.78, 5) is 28.4. The largest absolute Gasteiger partial charge is 0.457 e. The van der Waals surface area contributed by atoms with Crippen LogP contribution in [0, 0.1) is 20.8 Å². The normalized spacial score (nSPS) is 10.8. The van der Waals surface area contributed by atoms with Crippen LogP contribution >= 0.6 is 11.3 Å². The van der Waals surface area contributed by atoms with E-state index in [0.717, 1.165) is 16.4 Å². The first-order chi connectivity index (χ1) is 11.4. The molecular weight excluding hydrogens is 328 g/mol. The molecule has 0 unspecified atom stereocenters. The van der Waals surface area contributed by atoms with Gasteiger partial charge >= 0.3 is 5.97 Å². The van der Waals surface area contributed by atoms with E-state index in [1.165, 1.54) is 11.3 Å². The summed E-state index contributed by atoms with van der Waals surface area (Å²) in [5.74, 6) is -0.642. The number of aryl methyl sites for hydroxylation is 2. The summed E-state index contributed by atoms with van der Waals surface area (Å²) in [6.45, 7) is 6.71. The molecule has 7 heteroatoms. The summed E-state index contributed by atoms with van der Waals surface area (Å²) in [6.07, 6.45) is 0.0878. The van der Waals surface area contributed by atoms with E-state index in [0.29, 0.717) is 24.4 Å². The van der Waals surface area contributed by atoms with Crippen molar-refractivity contribution in [1.82, 2.24) is 9.55 Å². The topological polar surface area (TPSA) is 70.4 Å². The first-order valence-electron chi connectivity index (χ1n) is 7.68. The highest BCUT2D eigenvalue weighted by Crippen LogP contribution is 2.16. The Morgan fingerprint density at radius 3 is 2.67 bits per heavy atom. The zero-order valence-electron chi connectivity index (χ0n) is 14.4. The van der Waals surface area contributed by atoms with Crippen LogP contribution in [-0.4, -0.2) is 41.6 Å². The van der Waals surface area contributed by atoms with Crippen molar-refractivity contribution in [3.05, 3.63) is 39.1 Å². The van der Waals surface area contributed by atoms with Gasteiger partial charge in [0.2, 0.25) is 5.78 Å². The van der Waals surface area contributed by atoms with E-state index in [9.17, 15) is 9.59 Å². The lowest BCUT2D eigenvalue weighted by Gasteiger charge is -2.09. The highest BCUT2D eigenvalue weighted by Gasteiger charge is 2.17. The average molecular weight is 350 g/mol. The average Bonchev–Trinajstić information content (AvgIpc) is 3.06. The van der Waals surface area contributed by atoms with Crippen molar-refractivity contribution in [2.75, 3.05) is 20.3 Å². The van der Waals surface area contributed by atoms with E-state index in [-0.39, 0.29) is 18.8 Å². The van der Waals surface area contributed by atoms with Gasteiger partial charge in [-0.2, -0.15) is 0 Å². The van der Waals surface area contributed by atoms with Crippen molar-refractivity contribution in [1.29, 1.82) is 0 Å². The molecule has 0 N–H and O–H groups in total. The fourth-order valence-corrected chi connectivity index (χ4v) is 3.13. The number of Topliss-reactive ketones (excluding diaryl/α,β-unsaturated/α-hetero) is 1. The maximum absolute atomic E-state index is 12.3. The van der Waals surface area contributed by atoms with Crippen molar-refractivity contribution in [3.63, 3.8) is 0 Å². The molecule has 0 aromatic carbocycles. The molecule has 0 aliphatic rings. The van der Waals surface area contributed by atoms with E-state index in [2.05, 4.69) is 4.98 Å². The summed E-state index contributed by atoms with van der Waals surface area (Å²) in [7, 11) is 1.64. The van der Waals surface area contributed by atoms with Crippen LogP contribution in [0.2, 0.25) is 0 Å². The van der Waals surface area contributed by atoms with Crippen molar-refractivity contribution in [3.8, 4) is 0 Å². The van der Waals surface area contributed by atoms with Gasteiger partial charge < -0.3 is 14.0 Å². The number of rotatable bonds is 8. The highest BCUT2D eigenvalue weighted by atomic mass is 32.1. The Balaban J connectivity index is 1.93. The predicted octanol–water partition coefficient (Wildman–Crippen LogP) is 2.48. The minimum absolute atomic E-state index is 0.0878. The van der Waals surface area contributed by atoms with Crippen LogP contribution in [0.5, 0.6) is 0 Å². The van der Waals surface area contributed by atoms with Gasteiger partial charge in [0.25, 0.3) is 0 Å². The smallest absolute Gasteiger partial charge is 0.312 e. The lowest BCUT2D eigenvalue weighted by Crippen LogP contribution is -2.16. The molecule has 24 heavy (non-hydrogen) atoms. The van der Waals surface area contributed by atoms with Crippen LogP contribution in [0.4, 0.5) is 0 Å². The zero-order valence-corrected chi connectivity index (χ0v) is 15.2. The number of carbonyl (C=O) groups is 2. The molecule has 2 heterocycles. The van der Waals surface area contributed by atoms with Gasteiger partial charge in [0.1, 0.15) is 0 Å². The Hall–Kier alpha value is -1.99. The molecular formula is C17H22N2O4S. The lowest BCUT2D eigenvalue weighted by atomic mass is 10.1. The Kier molecular flexibility index (Phi) is 6.28. The molecule has 0 saturated carbocycles. The summed E-state index contributed by atoms with van der Waals surface area (Å²) in [5.41, 5.74) is 3.10. The number of carbonyl (C=O) groups excluding carboxylic acids is 2. The van der Waals surface area contributed by atoms with E-state index >= 15 is 0 Å². The summed E-state index contributed by atoms with van der Waals surface area (Å²) < 4.78 is 12.2. The number of aromatic nitrogens is 2. The lowest BCUT2D eigenvalue weighted by molar-refractivity contribution is -0.141. The molecule has 0 spiro atoms. The molecule has 0 bridgehead atoms. The van der Waals surface area contributed by atoms with Crippen LogP contribution < -0.4 is 0 Å². The summed E-state index contributed by atoms with van der Waals surface area (Å²) in [6, 6.07) is 1.82. The first-order valence-corrected chi connectivity index (χ1v) is 8.55. The third-order valence-electron chi connectivity index (χ3n) is 3.75. The van der Waals surface area contributed by atoms with E-state index in [4.69, 9.17) is 9.47 Å². The highest BCUT2D eigenvalue weighted by molar-refractivity contribution is 7.09. The predicted molar refractivity (Wildman–Crippen MR) is 91.6 cm³/mol. The second-order valence-electron chi connectivity index (χ2n) is 5.55. The standard InChI is InChI=1S/C17H22N2O4S/c1-11-7-15(12(2)19(11)5-6-22-4)16(20)9-23-17(21)8-14-10-24-13(3)18-14/h7,10H,5-6,8-9H2,1-4H3. The van der Waals surface area contributed by atoms with Crippen LogP contribution in [-0.2, 0) is 27.2 Å². The molecule has 0 aliphatic heterocycles. The quantitative estimate of drug-likeness (QED) is 0.540. The SMILES string of the molecule is COCCn1c(C)cc(C(=O)COC(=O)Cc2csc(C)n2)c1C. The van der Waals surface area contributed by atoms with Crippen molar-refractivity contribution in [2.45, 2.75) is 33.7 Å². The number of esters is 1. The second-order valence-corrected chi connectivity index (χ2v) is 6.61. The van der Waals surface area contributed by atoms with Gasteiger partial charge in [-0.25, -0.2) is 4.98 Å². The molecule has 0 radical (unpaired) electrons. The summed E-state index contributed by atoms with van der Waals surface area (Å²) >= 11 is 1.48. The molecule has 0 amide bonds. The molecule has 2 aromatic rings. The Bertz CT molecular complexity index is 733. The van der Waals surface area contributed by atoms with Gasteiger partial charge in [-0.15, -0.1) is 11.3 Å². The fourth-order valence-electron chi connectivity index (χ4n) is 2.52. The van der Waals surface area contributed by atoms with Gasteiger partial charge in [-0.05, 0) is 26.8 Å². The molecule has 0 aliphatic carbocycles. The molecule has 0 saturated heterocycles. The van der Waals surface area contributed by atoms with Crippen molar-refractivity contribution >= 4 is 23.1 Å². The van der Waals surface area contributed by atoms with Gasteiger partial charge in [0.05, 0.1) is 23.7 Å². The van der Waals surface area contributed by atoms with Crippen LogP contribution in [0.25, 0.3) is 0 Å². The van der Waals surface area contributed by atoms with Gasteiger partial charge in [-0.1, -0.05) is 0 Å². The van der Waals surface area contributed by atoms with Crippen molar-refractivity contribution < 1.29 is 19.1 Å². The van der Waals surface area contributed by atoms with Gasteiger partial charge in [-0.3, -0.25) is 9.59 Å². The maximum Gasteiger partial charge on any atom is 0.312 e. The third kappa shape index (κ3) is 4.52. The minimum atomic E-state index is -0.443. The van der Waals surface area contributed by atoms with Crippen molar-refractivity contribution in [2.24, 2.45) is 0 Å². The Labute approximate surface area is 145 Å². The van der Waals surface area contributed by atoms with Gasteiger partial charge in [0, 0.05) is 36.0 Å². The minimum Gasteiger partial charge on any atom is -0.457 e. The number of hydrogen-bond acceptors (Lipinski definition) is 6. The number of hydrogen-bond donors (Lipinski definition) is 0. The Morgan fingerprint density at radius 2 is 2.04 bits per heavy atom. The molecule has 0 atom stereocenters. The maximum atomic E-state index is 12.3. The number of nitrogens with zero attached hydrogens (tertiary/aromatic N) is 2. The number of thiazole rings is 1.